The summed E-state index contributed by atoms with van der Waals surface area (Å²) in [6.07, 6.45) is 8.20. The summed E-state index contributed by atoms with van der Waals surface area (Å²) in [5, 5.41) is 24.5. The van der Waals surface area contributed by atoms with Gasteiger partial charge in [0, 0.05) is 44.9 Å². The lowest BCUT2D eigenvalue weighted by molar-refractivity contribution is -0.135. The van der Waals surface area contributed by atoms with Gasteiger partial charge in [0.25, 0.3) is 0 Å². The maximum absolute atomic E-state index is 12.3. The van der Waals surface area contributed by atoms with Crippen LogP contribution in [0.25, 0.3) is 0 Å². The highest BCUT2D eigenvalue weighted by Gasteiger charge is 2.43. The van der Waals surface area contributed by atoms with E-state index in [1.54, 1.807) is 0 Å². The number of nitrogens with zero attached hydrogens (tertiary/aromatic N) is 1. The molecule has 1 saturated heterocycles. The monoisotopic (exact) mass is 454 g/mol. The second-order valence-corrected chi connectivity index (χ2v) is 9.80. The Morgan fingerprint density at radius 3 is 2.94 bits per heavy atom. The number of aliphatic hydroxyl groups is 2. The lowest BCUT2D eigenvalue weighted by atomic mass is 9.89. The number of aliphatic hydroxyl groups excluding tert-OH is 2. The summed E-state index contributed by atoms with van der Waals surface area (Å²) < 4.78 is 5.30. The van der Waals surface area contributed by atoms with Gasteiger partial charge in [0.05, 0.1) is 25.4 Å². The number of aryl methyl sites for hydroxylation is 1. The molecule has 0 aromatic heterocycles. The van der Waals surface area contributed by atoms with E-state index in [9.17, 15) is 15.0 Å². The highest BCUT2D eigenvalue weighted by Crippen LogP contribution is 2.47. The van der Waals surface area contributed by atoms with Crippen molar-refractivity contribution in [2.24, 2.45) is 17.8 Å². The summed E-state index contributed by atoms with van der Waals surface area (Å²) >= 11 is 0. The fourth-order valence-electron chi connectivity index (χ4n) is 5.56. The molecule has 1 aliphatic heterocycles. The first-order chi connectivity index (χ1) is 16.0. The molecule has 0 unspecified atom stereocenters. The SMILES string of the molecule is Cc1cccc(C[C@H](O)/C=C/[C@@H]2[C@H]3CC(CNCCC(=O)N4CCOCC4)=C[C@H]3C[C@H]2O)c1. The first-order valence-corrected chi connectivity index (χ1v) is 12.4. The van der Waals surface area contributed by atoms with Gasteiger partial charge in [0.1, 0.15) is 0 Å². The predicted molar refractivity (Wildman–Crippen MR) is 129 cm³/mol. The summed E-state index contributed by atoms with van der Waals surface area (Å²) in [6, 6.07) is 8.22. The Balaban J connectivity index is 1.21. The van der Waals surface area contributed by atoms with Crippen molar-refractivity contribution in [2.45, 2.75) is 44.8 Å². The molecule has 180 valence electrons. The predicted octanol–water partition coefficient (Wildman–Crippen LogP) is 2.24. The molecule has 1 aromatic rings. The Bertz CT molecular complexity index is 861. The molecule has 0 radical (unpaired) electrons. The summed E-state index contributed by atoms with van der Waals surface area (Å²) in [6.45, 7) is 6.21. The van der Waals surface area contributed by atoms with Crippen molar-refractivity contribution < 1.29 is 19.7 Å². The van der Waals surface area contributed by atoms with Gasteiger partial charge in [-0.2, -0.15) is 0 Å². The topological polar surface area (TPSA) is 82.0 Å². The zero-order chi connectivity index (χ0) is 23.2. The molecule has 0 spiro atoms. The van der Waals surface area contributed by atoms with Crippen LogP contribution in [0.4, 0.5) is 0 Å². The summed E-state index contributed by atoms with van der Waals surface area (Å²) in [7, 11) is 0. The van der Waals surface area contributed by atoms with Crippen molar-refractivity contribution in [1.82, 2.24) is 10.2 Å². The quantitative estimate of drug-likeness (QED) is 0.394. The number of ether oxygens (including phenoxy) is 1. The molecule has 5 atom stereocenters. The largest absolute Gasteiger partial charge is 0.392 e. The summed E-state index contributed by atoms with van der Waals surface area (Å²) in [4.78, 5) is 14.1. The number of allylic oxidation sites excluding steroid dienone is 1. The van der Waals surface area contributed by atoms with E-state index in [0.717, 1.165) is 24.9 Å². The number of morpholine rings is 1. The standard InChI is InChI=1S/C27H38N2O4/c1-19-3-2-4-20(13-19)15-23(30)5-6-24-25-16-21(14-22(25)17-26(24)31)18-28-8-7-27(32)29-9-11-33-12-10-29/h2-6,13-14,22-26,28,30-31H,7-12,15-18H2,1H3/b6-5+/t22-,23+,24+,25-,26+/m0/s1. The van der Waals surface area contributed by atoms with Crippen LogP contribution in [0.3, 0.4) is 0 Å². The molecule has 6 nitrogen and oxygen atoms in total. The van der Waals surface area contributed by atoms with E-state index in [2.05, 4.69) is 30.4 Å². The van der Waals surface area contributed by atoms with Crippen molar-refractivity contribution in [3.05, 3.63) is 59.2 Å². The molecule has 1 heterocycles. The second-order valence-electron chi connectivity index (χ2n) is 9.80. The van der Waals surface area contributed by atoms with Crippen LogP contribution < -0.4 is 5.32 Å². The normalized spacial score (nSPS) is 28.2. The Morgan fingerprint density at radius 1 is 1.33 bits per heavy atom. The number of carbonyl (C=O) groups excluding carboxylic acids is 1. The van der Waals surface area contributed by atoms with Gasteiger partial charge < -0.3 is 25.2 Å². The van der Waals surface area contributed by atoms with Crippen LogP contribution in [0.15, 0.2) is 48.1 Å². The molecule has 2 fully saturated rings. The number of carbonyl (C=O) groups is 1. The lowest BCUT2D eigenvalue weighted by Gasteiger charge is -2.26. The van der Waals surface area contributed by atoms with Crippen molar-refractivity contribution in [2.75, 3.05) is 39.4 Å². The minimum Gasteiger partial charge on any atom is -0.392 e. The number of rotatable bonds is 9. The van der Waals surface area contributed by atoms with Crippen LogP contribution in [0.2, 0.25) is 0 Å². The van der Waals surface area contributed by atoms with Gasteiger partial charge in [-0.05, 0) is 37.2 Å². The minimum absolute atomic E-state index is 0.0822. The highest BCUT2D eigenvalue weighted by molar-refractivity contribution is 5.76. The molecule has 3 N–H and O–H groups in total. The number of fused-ring (bicyclic) bond motifs is 1. The van der Waals surface area contributed by atoms with Crippen LogP contribution in [0.1, 0.15) is 30.4 Å². The Hall–Kier alpha value is -1.99. The molecule has 6 heteroatoms. The average Bonchev–Trinajstić information content (AvgIpc) is 3.32. The van der Waals surface area contributed by atoms with Crippen LogP contribution in [-0.2, 0) is 16.0 Å². The molecule has 4 rings (SSSR count). The number of hydrogen-bond donors (Lipinski definition) is 3. The molecular weight excluding hydrogens is 416 g/mol. The van der Waals surface area contributed by atoms with Crippen molar-refractivity contribution in [3.63, 3.8) is 0 Å². The number of hydrogen-bond acceptors (Lipinski definition) is 5. The first kappa shape index (κ1) is 24.1. The molecule has 3 aliphatic rings. The zero-order valence-corrected chi connectivity index (χ0v) is 19.7. The van der Waals surface area contributed by atoms with Gasteiger partial charge in [-0.25, -0.2) is 0 Å². The lowest BCUT2D eigenvalue weighted by Crippen LogP contribution is -2.41. The number of nitrogens with one attached hydrogen (secondary N) is 1. The maximum Gasteiger partial charge on any atom is 0.224 e. The van der Waals surface area contributed by atoms with Crippen molar-refractivity contribution >= 4 is 5.91 Å². The molecule has 0 bridgehead atoms. The van der Waals surface area contributed by atoms with Crippen molar-refractivity contribution in [1.29, 1.82) is 0 Å². The fourth-order valence-corrected chi connectivity index (χ4v) is 5.56. The smallest absolute Gasteiger partial charge is 0.224 e. The third kappa shape index (κ3) is 6.54. The van der Waals surface area contributed by atoms with E-state index >= 15 is 0 Å². The molecule has 33 heavy (non-hydrogen) atoms. The van der Waals surface area contributed by atoms with E-state index in [1.165, 1.54) is 11.1 Å². The Kier molecular flexibility index (Phi) is 8.36. The average molecular weight is 455 g/mol. The van der Waals surface area contributed by atoms with Gasteiger partial charge >= 0.3 is 0 Å². The van der Waals surface area contributed by atoms with Gasteiger partial charge in [-0.15, -0.1) is 0 Å². The zero-order valence-electron chi connectivity index (χ0n) is 19.7. The third-order valence-electron chi connectivity index (χ3n) is 7.26. The molecule has 1 amide bonds. The van der Waals surface area contributed by atoms with E-state index in [-0.39, 0.29) is 17.9 Å². The van der Waals surface area contributed by atoms with Gasteiger partial charge in [0.15, 0.2) is 0 Å². The van der Waals surface area contributed by atoms with E-state index in [0.29, 0.717) is 57.5 Å². The van der Waals surface area contributed by atoms with E-state index in [1.807, 2.05) is 29.2 Å². The van der Waals surface area contributed by atoms with Crippen LogP contribution in [0, 0.1) is 24.7 Å². The van der Waals surface area contributed by atoms with Crippen LogP contribution in [-0.4, -0.2) is 72.6 Å². The van der Waals surface area contributed by atoms with Gasteiger partial charge in [-0.3, -0.25) is 4.79 Å². The van der Waals surface area contributed by atoms with Gasteiger partial charge in [-0.1, -0.05) is 53.6 Å². The Labute approximate surface area is 197 Å². The van der Waals surface area contributed by atoms with Crippen molar-refractivity contribution in [3.8, 4) is 0 Å². The van der Waals surface area contributed by atoms with E-state index in [4.69, 9.17) is 4.74 Å². The Morgan fingerprint density at radius 2 is 2.15 bits per heavy atom. The molecule has 2 aliphatic carbocycles. The van der Waals surface area contributed by atoms with Crippen LogP contribution in [0.5, 0.6) is 0 Å². The first-order valence-electron chi connectivity index (χ1n) is 12.4. The molecule has 1 aromatic carbocycles. The molecule has 1 saturated carbocycles. The highest BCUT2D eigenvalue weighted by atomic mass is 16.5. The van der Waals surface area contributed by atoms with E-state index < -0.39 is 6.10 Å². The maximum atomic E-state index is 12.3. The third-order valence-corrected chi connectivity index (χ3v) is 7.26. The molecular formula is C27H38N2O4. The fraction of sp³-hybridized carbons (Fsp3) is 0.593. The second kappa shape index (κ2) is 11.4. The number of amides is 1. The van der Waals surface area contributed by atoms with Gasteiger partial charge in [0.2, 0.25) is 5.91 Å². The minimum atomic E-state index is -0.544. The summed E-state index contributed by atoms with van der Waals surface area (Å²) in [5.74, 6) is 1.07. The summed E-state index contributed by atoms with van der Waals surface area (Å²) in [5.41, 5.74) is 3.69. The van der Waals surface area contributed by atoms with Crippen LogP contribution >= 0.6 is 0 Å². The number of benzene rings is 1.